The van der Waals surface area contributed by atoms with Crippen LogP contribution in [0.2, 0.25) is 0 Å². The Balaban J connectivity index is 4.00. The van der Waals surface area contributed by atoms with Gasteiger partial charge in [-0.25, -0.2) is 13.2 Å². The number of halogens is 5. The molecule has 0 spiro atoms. The van der Waals surface area contributed by atoms with Crippen LogP contribution in [0.25, 0.3) is 0 Å². The maximum Gasteiger partial charge on any atom is 0.291 e. The van der Waals surface area contributed by atoms with Gasteiger partial charge in [0.25, 0.3) is 6.43 Å². The van der Waals surface area contributed by atoms with Gasteiger partial charge in [0.2, 0.25) is 0 Å². The van der Waals surface area contributed by atoms with Crippen molar-refractivity contribution >= 4 is 27.5 Å². The molecule has 0 saturated carbocycles. The molecule has 48 valence electrons. The van der Waals surface area contributed by atoms with Crippen LogP contribution < -0.4 is 0 Å². The first-order chi connectivity index (χ1) is 3.55. The lowest BCUT2D eigenvalue weighted by atomic mass is 10.6. The van der Waals surface area contributed by atoms with Crippen molar-refractivity contribution in [3.05, 3.63) is 9.77 Å². The number of alkyl halides is 2. The average molecular weight is 209 g/mol. The Labute approximate surface area is 57.4 Å². The van der Waals surface area contributed by atoms with E-state index in [1.165, 1.54) is 0 Å². The fourth-order valence-corrected chi connectivity index (χ4v) is 0.338. The third kappa shape index (κ3) is 2.57. The molecule has 0 amide bonds. The molecule has 0 atom stereocenters. The molecule has 0 aromatic rings. The SMILES string of the molecule is F/C(=C(\Cl)Br)C(F)F. The third-order valence-electron chi connectivity index (χ3n) is 0.372. The summed E-state index contributed by atoms with van der Waals surface area (Å²) in [5.74, 6) is -1.63. The first-order valence-corrected chi connectivity index (χ1v) is 2.71. The van der Waals surface area contributed by atoms with Gasteiger partial charge < -0.3 is 0 Å². The lowest BCUT2D eigenvalue weighted by molar-refractivity contribution is 0.159. The molecule has 8 heavy (non-hydrogen) atoms. The average Bonchev–Trinajstić information content (AvgIpc) is 1.64. The van der Waals surface area contributed by atoms with Crippen LogP contribution in [0, 0.1) is 0 Å². The van der Waals surface area contributed by atoms with Crippen molar-refractivity contribution in [2.45, 2.75) is 6.43 Å². The van der Waals surface area contributed by atoms with Gasteiger partial charge in [-0.3, -0.25) is 0 Å². The molecule has 0 bridgehead atoms. The lowest BCUT2D eigenvalue weighted by Gasteiger charge is -1.90. The van der Waals surface area contributed by atoms with Crippen LogP contribution in [-0.2, 0) is 0 Å². The predicted octanol–water partition coefficient (Wildman–Crippen LogP) is 3.02. The van der Waals surface area contributed by atoms with Gasteiger partial charge in [-0.1, -0.05) is 11.6 Å². The molecule has 0 fully saturated rings. The molecule has 0 nitrogen and oxygen atoms in total. The number of allylic oxidation sites excluding steroid dienone is 1. The first-order valence-electron chi connectivity index (χ1n) is 1.54. The summed E-state index contributed by atoms with van der Waals surface area (Å²) in [6, 6.07) is 0. The van der Waals surface area contributed by atoms with Gasteiger partial charge in [0.15, 0.2) is 5.83 Å². The van der Waals surface area contributed by atoms with Gasteiger partial charge in [0, 0.05) is 0 Å². The van der Waals surface area contributed by atoms with Gasteiger partial charge in [0.1, 0.15) is 3.94 Å². The zero-order valence-electron chi connectivity index (χ0n) is 3.47. The highest BCUT2D eigenvalue weighted by atomic mass is 79.9. The van der Waals surface area contributed by atoms with Crippen molar-refractivity contribution in [1.82, 2.24) is 0 Å². The van der Waals surface area contributed by atoms with Crippen molar-refractivity contribution in [1.29, 1.82) is 0 Å². The molecule has 0 aliphatic rings. The first kappa shape index (κ1) is 8.30. The quantitative estimate of drug-likeness (QED) is 0.623. The highest BCUT2D eigenvalue weighted by molar-refractivity contribution is 9.12. The summed E-state index contributed by atoms with van der Waals surface area (Å²) in [6.45, 7) is 0. The smallest absolute Gasteiger partial charge is 0.203 e. The van der Waals surface area contributed by atoms with Crippen LogP contribution in [0.4, 0.5) is 13.2 Å². The number of rotatable bonds is 1. The van der Waals surface area contributed by atoms with Gasteiger partial charge >= 0.3 is 0 Å². The molecule has 0 aromatic heterocycles. The van der Waals surface area contributed by atoms with Crippen molar-refractivity contribution in [2.24, 2.45) is 0 Å². The Bertz CT molecular complexity index is 107. The van der Waals surface area contributed by atoms with Gasteiger partial charge in [-0.2, -0.15) is 0 Å². The van der Waals surface area contributed by atoms with Crippen LogP contribution in [0.3, 0.4) is 0 Å². The lowest BCUT2D eigenvalue weighted by Crippen LogP contribution is -1.89. The van der Waals surface area contributed by atoms with Crippen molar-refractivity contribution in [3.8, 4) is 0 Å². The van der Waals surface area contributed by atoms with Crippen LogP contribution in [0.5, 0.6) is 0 Å². The largest absolute Gasteiger partial charge is 0.291 e. The van der Waals surface area contributed by atoms with E-state index in [-0.39, 0.29) is 0 Å². The van der Waals surface area contributed by atoms with Crippen LogP contribution in [0.15, 0.2) is 9.77 Å². The van der Waals surface area contributed by atoms with E-state index in [1.807, 2.05) is 0 Å². The van der Waals surface area contributed by atoms with E-state index in [2.05, 4.69) is 15.9 Å². The fourth-order valence-electron chi connectivity index (χ4n) is 0.0825. The zero-order chi connectivity index (χ0) is 6.73. The fraction of sp³-hybridized carbons (Fsp3) is 0.333. The maximum absolute atomic E-state index is 11.6. The van der Waals surface area contributed by atoms with Crippen LogP contribution in [-0.4, -0.2) is 6.43 Å². The van der Waals surface area contributed by atoms with Crippen LogP contribution in [0.1, 0.15) is 0 Å². The third-order valence-corrected chi connectivity index (χ3v) is 0.931. The molecular formula is C3HBrClF3. The minimum absolute atomic E-state index is 0.674. The van der Waals surface area contributed by atoms with Crippen molar-refractivity contribution in [3.63, 3.8) is 0 Å². The summed E-state index contributed by atoms with van der Waals surface area (Å²) in [7, 11) is 0. The normalized spacial score (nSPS) is 14.2. The second kappa shape index (κ2) is 3.35. The summed E-state index contributed by atoms with van der Waals surface area (Å²) >= 11 is 7.09. The van der Waals surface area contributed by atoms with E-state index in [0.717, 1.165) is 0 Å². The summed E-state index contributed by atoms with van der Waals surface area (Å²) in [6.07, 6.45) is -3.12. The highest BCUT2D eigenvalue weighted by Gasteiger charge is 2.12. The van der Waals surface area contributed by atoms with E-state index in [9.17, 15) is 13.2 Å². The molecule has 0 rings (SSSR count). The molecule has 0 N–H and O–H groups in total. The van der Waals surface area contributed by atoms with Gasteiger partial charge in [-0.15, -0.1) is 0 Å². The van der Waals surface area contributed by atoms with E-state index in [0.29, 0.717) is 0 Å². The maximum atomic E-state index is 11.6. The Morgan fingerprint density at radius 3 is 1.88 bits per heavy atom. The summed E-state index contributed by atoms with van der Waals surface area (Å²) in [5.41, 5.74) is 0. The summed E-state index contributed by atoms with van der Waals surface area (Å²) < 4.78 is 33.2. The van der Waals surface area contributed by atoms with E-state index in [4.69, 9.17) is 11.6 Å². The second-order valence-electron chi connectivity index (χ2n) is 0.909. The molecular weight excluding hydrogens is 208 g/mol. The molecule has 5 heteroatoms. The van der Waals surface area contributed by atoms with E-state index >= 15 is 0 Å². The molecule has 0 saturated heterocycles. The van der Waals surface area contributed by atoms with Crippen molar-refractivity contribution in [2.75, 3.05) is 0 Å². The number of hydrogen-bond acceptors (Lipinski definition) is 0. The van der Waals surface area contributed by atoms with Crippen molar-refractivity contribution < 1.29 is 13.2 Å². The Hall–Kier alpha value is 0.300. The van der Waals surface area contributed by atoms with Gasteiger partial charge in [-0.05, 0) is 15.9 Å². The molecule has 0 aliphatic heterocycles. The Kier molecular flexibility index (Phi) is 3.48. The minimum Gasteiger partial charge on any atom is -0.203 e. The van der Waals surface area contributed by atoms with Gasteiger partial charge in [0.05, 0.1) is 0 Å². The number of hydrogen-bond donors (Lipinski definition) is 0. The van der Waals surface area contributed by atoms with Crippen LogP contribution >= 0.6 is 27.5 Å². The molecule has 0 unspecified atom stereocenters. The van der Waals surface area contributed by atoms with E-state index < -0.39 is 16.2 Å². The topological polar surface area (TPSA) is 0 Å². The Morgan fingerprint density at radius 2 is 1.88 bits per heavy atom. The monoisotopic (exact) mass is 208 g/mol. The summed E-state index contributed by atoms with van der Waals surface area (Å²) in [5, 5.41) is 0. The highest BCUT2D eigenvalue weighted by Crippen LogP contribution is 2.22. The molecule has 0 aliphatic carbocycles. The standard InChI is InChI=1S/C3HBrClF3/c4-2(5)1(6)3(7)8/h3H/b2-1-. The van der Waals surface area contributed by atoms with E-state index in [1.54, 1.807) is 0 Å². The zero-order valence-corrected chi connectivity index (χ0v) is 5.81. The Morgan fingerprint density at radius 1 is 1.50 bits per heavy atom. The molecule has 0 radical (unpaired) electrons. The molecule has 0 heterocycles. The summed E-state index contributed by atoms with van der Waals surface area (Å²) in [4.78, 5) is 0. The molecule has 0 aromatic carbocycles. The predicted molar refractivity (Wildman–Crippen MR) is 28.9 cm³/mol. The minimum atomic E-state index is -3.12. The second-order valence-corrected chi connectivity index (χ2v) is 2.54.